The highest BCUT2D eigenvalue weighted by atomic mass is 16.5. The van der Waals surface area contributed by atoms with Crippen LogP contribution in [0.3, 0.4) is 0 Å². The Kier molecular flexibility index (Phi) is 7.55. The van der Waals surface area contributed by atoms with Gasteiger partial charge in [-0.05, 0) is 72.1 Å². The molecule has 0 N–H and O–H groups in total. The summed E-state index contributed by atoms with van der Waals surface area (Å²) < 4.78 is 7.67. The number of fused-ring (bicyclic) bond motifs is 2. The van der Waals surface area contributed by atoms with Crippen LogP contribution in [0.4, 0.5) is 11.4 Å². The van der Waals surface area contributed by atoms with Crippen molar-refractivity contribution in [2.75, 3.05) is 43.1 Å². The zero-order valence-electron chi connectivity index (χ0n) is 25.5. The van der Waals surface area contributed by atoms with E-state index >= 15 is 0 Å². The molecule has 45 heavy (non-hydrogen) atoms. The summed E-state index contributed by atoms with van der Waals surface area (Å²) in [5, 5.41) is 0. The van der Waals surface area contributed by atoms with Crippen LogP contribution in [0.5, 0.6) is 5.75 Å². The Labute approximate surface area is 263 Å². The van der Waals surface area contributed by atoms with Gasteiger partial charge in [-0.2, -0.15) is 0 Å². The van der Waals surface area contributed by atoms with E-state index in [1.54, 1.807) is 19.5 Å². The molecule has 1 saturated heterocycles. The first-order valence-electron chi connectivity index (χ1n) is 15.3. The number of pyridine rings is 1. The van der Waals surface area contributed by atoms with Gasteiger partial charge in [0, 0.05) is 66.8 Å². The van der Waals surface area contributed by atoms with Crippen LogP contribution in [0, 0.1) is 6.92 Å². The third kappa shape index (κ3) is 5.33. The van der Waals surface area contributed by atoms with Crippen molar-refractivity contribution < 1.29 is 14.3 Å². The van der Waals surface area contributed by atoms with E-state index in [1.807, 2.05) is 108 Å². The Hall–Kier alpha value is -5.37. The van der Waals surface area contributed by atoms with Gasteiger partial charge in [0.15, 0.2) is 0 Å². The molecule has 0 bridgehead atoms. The van der Waals surface area contributed by atoms with Gasteiger partial charge in [-0.15, -0.1) is 0 Å². The summed E-state index contributed by atoms with van der Waals surface area (Å²) in [5.74, 6) is 0.741. The van der Waals surface area contributed by atoms with Gasteiger partial charge in [0.25, 0.3) is 11.8 Å². The molecule has 5 aromatic rings. The smallest absolute Gasteiger partial charge is 0.270 e. The number of ether oxygens (including phenoxy) is 1. The van der Waals surface area contributed by atoms with Gasteiger partial charge >= 0.3 is 0 Å². The first kappa shape index (κ1) is 28.4. The summed E-state index contributed by atoms with van der Waals surface area (Å²) in [6.45, 7) is 5.74. The Morgan fingerprint density at radius 3 is 2.29 bits per heavy atom. The van der Waals surface area contributed by atoms with E-state index < -0.39 is 0 Å². The van der Waals surface area contributed by atoms with Gasteiger partial charge in [-0.1, -0.05) is 42.5 Å². The highest BCUT2D eigenvalue weighted by molar-refractivity contribution is 6.07. The second-order valence-corrected chi connectivity index (χ2v) is 11.5. The van der Waals surface area contributed by atoms with Crippen LogP contribution in [0.15, 0.2) is 103 Å². The lowest BCUT2D eigenvalue weighted by atomic mass is 9.97. The number of aryl methyl sites for hydroxylation is 1. The largest absolute Gasteiger partial charge is 0.496 e. The fraction of sp³-hybridized carbons (Fsp3) is 0.216. The molecule has 2 amide bonds. The molecule has 2 aliphatic rings. The molecule has 0 spiro atoms. The van der Waals surface area contributed by atoms with Gasteiger partial charge in [-0.25, -0.2) is 0 Å². The molecule has 0 saturated carbocycles. The van der Waals surface area contributed by atoms with Crippen LogP contribution in [0.2, 0.25) is 0 Å². The summed E-state index contributed by atoms with van der Waals surface area (Å²) in [5.41, 5.74) is 8.20. The molecule has 8 heteroatoms. The van der Waals surface area contributed by atoms with Crippen LogP contribution in [-0.4, -0.2) is 59.6 Å². The number of methoxy groups -OCH3 is 1. The molecular weight excluding hydrogens is 562 g/mol. The number of hydrogen-bond acceptors (Lipinski definition) is 5. The number of amides is 2. The zero-order chi connectivity index (χ0) is 30.9. The molecule has 0 aliphatic carbocycles. The van der Waals surface area contributed by atoms with Crippen LogP contribution >= 0.6 is 0 Å². The minimum atomic E-state index is -0.0770. The average molecular weight is 598 g/mol. The second kappa shape index (κ2) is 12.0. The van der Waals surface area contributed by atoms with Crippen molar-refractivity contribution in [1.29, 1.82) is 0 Å². The summed E-state index contributed by atoms with van der Waals surface area (Å²) in [6, 6.07) is 29.7. The Bertz CT molecular complexity index is 1870. The molecule has 8 nitrogen and oxygen atoms in total. The van der Waals surface area contributed by atoms with E-state index in [-0.39, 0.29) is 11.8 Å². The molecule has 4 heterocycles. The lowest BCUT2D eigenvalue weighted by molar-refractivity contribution is 0.0736. The molecule has 2 aliphatic heterocycles. The molecule has 0 radical (unpaired) electrons. The summed E-state index contributed by atoms with van der Waals surface area (Å²) in [6.07, 6.45) is 3.60. The van der Waals surface area contributed by atoms with E-state index in [1.165, 1.54) is 0 Å². The monoisotopic (exact) mass is 597 g/mol. The normalized spacial score (nSPS) is 14.4. The van der Waals surface area contributed by atoms with Crippen LogP contribution in [0.25, 0.3) is 11.1 Å². The minimum absolute atomic E-state index is 0.0236. The number of piperazine rings is 1. The van der Waals surface area contributed by atoms with Crippen LogP contribution in [0.1, 0.15) is 37.7 Å². The van der Waals surface area contributed by atoms with Gasteiger partial charge in [0.05, 0.1) is 20.2 Å². The van der Waals surface area contributed by atoms with E-state index in [9.17, 15) is 9.59 Å². The highest BCUT2D eigenvalue weighted by Gasteiger charge is 2.30. The molecule has 0 unspecified atom stereocenters. The van der Waals surface area contributed by atoms with E-state index in [0.29, 0.717) is 37.4 Å². The van der Waals surface area contributed by atoms with E-state index in [2.05, 4.69) is 14.5 Å². The van der Waals surface area contributed by atoms with Crippen molar-refractivity contribution in [3.8, 4) is 16.9 Å². The Morgan fingerprint density at radius 2 is 1.51 bits per heavy atom. The minimum Gasteiger partial charge on any atom is -0.496 e. The van der Waals surface area contributed by atoms with Crippen molar-refractivity contribution in [2.45, 2.75) is 20.0 Å². The number of nitrogens with zero attached hydrogens (tertiary/aromatic N) is 5. The fourth-order valence-corrected chi connectivity index (χ4v) is 6.53. The number of hydrogen-bond donors (Lipinski definition) is 0. The lowest BCUT2D eigenvalue weighted by Crippen LogP contribution is -2.49. The predicted octanol–water partition coefficient (Wildman–Crippen LogP) is 6.04. The summed E-state index contributed by atoms with van der Waals surface area (Å²) >= 11 is 0. The number of para-hydroxylation sites is 2. The van der Waals surface area contributed by atoms with Crippen molar-refractivity contribution in [1.82, 2.24) is 14.5 Å². The number of benzene rings is 3. The Morgan fingerprint density at radius 1 is 0.756 bits per heavy atom. The third-order valence-electron chi connectivity index (χ3n) is 8.93. The standard InChI is InChI=1S/C37H35N5O3/c1-26-23-27(11-13-31(26)32-8-4-6-10-35(32)45-2)36(43)42-25-30-12-14-34(41(30)24-28-7-3-5-9-33(28)42)37(44)40-21-19-39(20-22-40)29-15-17-38-18-16-29/h3-18,23H,19-22,24-25H2,1-2H3. The quantitative estimate of drug-likeness (QED) is 0.247. The molecule has 1 fully saturated rings. The van der Waals surface area contributed by atoms with Crippen LogP contribution in [-0.2, 0) is 13.1 Å². The van der Waals surface area contributed by atoms with Crippen molar-refractivity contribution in [3.63, 3.8) is 0 Å². The van der Waals surface area contributed by atoms with Gasteiger partial charge in [0.1, 0.15) is 11.4 Å². The number of aromatic nitrogens is 2. The van der Waals surface area contributed by atoms with Crippen molar-refractivity contribution in [3.05, 3.63) is 131 Å². The van der Waals surface area contributed by atoms with Gasteiger partial charge in [-0.3, -0.25) is 14.6 Å². The lowest BCUT2D eigenvalue weighted by Gasteiger charge is -2.36. The van der Waals surface area contributed by atoms with Crippen molar-refractivity contribution >= 4 is 23.2 Å². The van der Waals surface area contributed by atoms with E-state index in [0.717, 1.165) is 58.2 Å². The van der Waals surface area contributed by atoms with Gasteiger partial charge < -0.3 is 24.0 Å². The molecular formula is C37H35N5O3. The molecule has 0 atom stereocenters. The predicted molar refractivity (Wildman–Crippen MR) is 176 cm³/mol. The average Bonchev–Trinajstić information content (AvgIpc) is 3.40. The zero-order valence-corrected chi connectivity index (χ0v) is 25.5. The number of carbonyl (C=O) groups excluding carboxylic acids is 2. The van der Waals surface area contributed by atoms with Crippen LogP contribution < -0.4 is 14.5 Å². The molecule has 7 rings (SSSR count). The maximum absolute atomic E-state index is 14.2. The maximum atomic E-state index is 14.2. The van der Waals surface area contributed by atoms with E-state index in [4.69, 9.17) is 4.74 Å². The summed E-state index contributed by atoms with van der Waals surface area (Å²) in [7, 11) is 1.67. The number of anilines is 2. The SMILES string of the molecule is COc1ccccc1-c1ccc(C(=O)N2Cc3ccc(C(=O)N4CCN(c5ccncc5)CC4)n3Cc3ccccc32)cc1C. The third-order valence-corrected chi connectivity index (χ3v) is 8.93. The fourth-order valence-electron chi connectivity index (χ4n) is 6.53. The van der Waals surface area contributed by atoms with Gasteiger partial charge in [0.2, 0.25) is 0 Å². The first-order valence-corrected chi connectivity index (χ1v) is 15.3. The van der Waals surface area contributed by atoms with Crippen molar-refractivity contribution in [2.24, 2.45) is 0 Å². The first-order chi connectivity index (χ1) is 22.0. The topological polar surface area (TPSA) is 70.9 Å². The number of rotatable bonds is 5. The molecule has 2 aromatic heterocycles. The second-order valence-electron chi connectivity index (χ2n) is 11.5. The maximum Gasteiger partial charge on any atom is 0.270 e. The Balaban J connectivity index is 1.15. The molecule has 3 aromatic carbocycles. The highest BCUT2D eigenvalue weighted by Crippen LogP contribution is 2.34. The summed E-state index contributed by atoms with van der Waals surface area (Å²) in [4.78, 5) is 38.2. The number of carbonyl (C=O) groups is 2. The molecule has 226 valence electrons.